The van der Waals surface area contributed by atoms with Gasteiger partial charge in [-0.05, 0) is 6.42 Å². The average molecular weight is 172 g/mol. The van der Waals surface area contributed by atoms with Crippen LogP contribution in [-0.2, 0) is 9.53 Å². The number of ether oxygens (including phenoxy) is 1. The number of piperazine rings is 1. The molecule has 0 spiro atoms. The summed E-state index contributed by atoms with van der Waals surface area (Å²) in [6.45, 7) is 4.38. The molecule has 0 aromatic heterocycles. The molecule has 1 aliphatic rings. The summed E-state index contributed by atoms with van der Waals surface area (Å²) < 4.78 is 4.74. The quantitative estimate of drug-likeness (QED) is 0.551. The highest BCUT2D eigenvalue weighted by Crippen LogP contribution is 2.12. The highest BCUT2D eigenvalue weighted by Gasteiger charge is 2.38. The Kier molecular flexibility index (Phi) is 3.05. The maximum absolute atomic E-state index is 11.4. The SMILES string of the molecule is CCC1(C(=O)OC)CNCCN1. The summed E-state index contributed by atoms with van der Waals surface area (Å²) in [6, 6.07) is 0. The van der Waals surface area contributed by atoms with Gasteiger partial charge in [-0.1, -0.05) is 6.92 Å². The number of hydrogen-bond acceptors (Lipinski definition) is 4. The Morgan fingerprint density at radius 2 is 2.33 bits per heavy atom. The zero-order chi connectivity index (χ0) is 9.03. The molecule has 4 heteroatoms. The maximum Gasteiger partial charge on any atom is 0.327 e. The topological polar surface area (TPSA) is 50.4 Å². The maximum atomic E-state index is 11.4. The van der Waals surface area contributed by atoms with Gasteiger partial charge in [-0.15, -0.1) is 0 Å². The summed E-state index contributed by atoms with van der Waals surface area (Å²) in [7, 11) is 1.43. The van der Waals surface area contributed by atoms with E-state index >= 15 is 0 Å². The van der Waals surface area contributed by atoms with E-state index in [1.54, 1.807) is 0 Å². The largest absolute Gasteiger partial charge is 0.468 e. The van der Waals surface area contributed by atoms with Crippen molar-refractivity contribution in [3.8, 4) is 0 Å². The molecule has 12 heavy (non-hydrogen) atoms. The molecule has 0 radical (unpaired) electrons. The van der Waals surface area contributed by atoms with Crippen molar-refractivity contribution in [3.05, 3.63) is 0 Å². The number of carbonyl (C=O) groups is 1. The predicted octanol–water partition coefficient (Wildman–Crippen LogP) is -0.499. The van der Waals surface area contributed by atoms with Crippen LogP contribution in [0, 0.1) is 0 Å². The predicted molar refractivity (Wildman–Crippen MR) is 45.9 cm³/mol. The summed E-state index contributed by atoms with van der Waals surface area (Å²) >= 11 is 0. The Morgan fingerprint density at radius 1 is 1.58 bits per heavy atom. The molecular formula is C8H16N2O2. The van der Waals surface area contributed by atoms with Gasteiger partial charge in [0.1, 0.15) is 5.54 Å². The third kappa shape index (κ3) is 1.59. The van der Waals surface area contributed by atoms with Crippen molar-refractivity contribution in [1.29, 1.82) is 0 Å². The molecule has 0 bridgehead atoms. The molecule has 4 nitrogen and oxygen atoms in total. The minimum atomic E-state index is -0.493. The Labute approximate surface area is 72.7 Å². The van der Waals surface area contributed by atoms with Gasteiger partial charge in [0.2, 0.25) is 0 Å². The van der Waals surface area contributed by atoms with Crippen LogP contribution in [0.3, 0.4) is 0 Å². The van der Waals surface area contributed by atoms with E-state index in [1.807, 2.05) is 6.92 Å². The lowest BCUT2D eigenvalue weighted by Gasteiger charge is -2.35. The van der Waals surface area contributed by atoms with Crippen LogP contribution in [0.4, 0.5) is 0 Å². The van der Waals surface area contributed by atoms with E-state index in [4.69, 9.17) is 4.74 Å². The molecule has 1 heterocycles. The first-order chi connectivity index (χ1) is 5.75. The van der Waals surface area contributed by atoms with Crippen molar-refractivity contribution in [3.63, 3.8) is 0 Å². The van der Waals surface area contributed by atoms with Crippen LogP contribution >= 0.6 is 0 Å². The molecule has 1 fully saturated rings. The van der Waals surface area contributed by atoms with Gasteiger partial charge < -0.3 is 10.1 Å². The zero-order valence-electron chi connectivity index (χ0n) is 7.64. The first-order valence-corrected chi connectivity index (χ1v) is 4.29. The van der Waals surface area contributed by atoms with E-state index in [2.05, 4.69) is 10.6 Å². The fourth-order valence-corrected chi connectivity index (χ4v) is 1.49. The summed E-state index contributed by atoms with van der Waals surface area (Å²) in [5.41, 5.74) is -0.493. The van der Waals surface area contributed by atoms with Crippen molar-refractivity contribution in [2.24, 2.45) is 0 Å². The van der Waals surface area contributed by atoms with Crippen molar-refractivity contribution >= 4 is 5.97 Å². The van der Waals surface area contributed by atoms with Crippen LogP contribution in [0.25, 0.3) is 0 Å². The minimum absolute atomic E-state index is 0.169. The van der Waals surface area contributed by atoms with Crippen molar-refractivity contribution in [2.75, 3.05) is 26.7 Å². The third-order valence-corrected chi connectivity index (χ3v) is 2.37. The van der Waals surface area contributed by atoms with Crippen molar-refractivity contribution in [1.82, 2.24) is 10.6 Å². The van der Waals surface area contributed by atoms with E-state index in [0.717, 1.165) is 19.5 Å². The van der Waals surface area contributed by atoms with Gasteiger partial charge in [0, 0.05) is 19.6 Å². The molecule has 0 amide bonds. The first kappa shape index (κ1) is 9.48. The van der Waals surface area contributed by atoms with Gasteiger partial charge in [0.05, 0.1) is 7.11 Å². The van der Waals surface area contributed by atoms with Crippen LogP contribution < -0.4 is 10.6 Å². The highest BCUT2D eigenvalue weighted by atomic mass is 16.5. The van der Waals surface area contributed by atoms with E-state index in [-0.39, 0.29) is 5.97 Å². The molecular weight excluding hydrogens is 156 g/mol. The van der Waals surface area contributed by atoms with E-state index in [1.165, 1.54) is 7.11 Å². The van der Waals surface area contributed by atoms with Gasteiger partial charge in [-0.3, -0.25) is 10.1 Å². The summed E-state index contributed by atoms with van der Waals surface area (Å²) in [6.07, 6.45) is 0.757. The third-order valence-electron chi connectivity index (χ3n) is 2.37. The summed E-state index contributed by atoms with van der Waals surface area (Å²) in [5.74, 6) is -0.169. The molecule has 0 saturated carbocycles. The van der Waals surface area contributed by atoms with E-state index in [9.17, 15) is 4.79 Å². The number of hydrogen-bond donors (Lipinski definition) is 2. The van der Waals surface area contributed by atoms with Crippen LogP contribution in [-0.4, -0.2) is 38.3 Å². The second-order valence-corrected chi connectivity index (χ2v) is 3.03. The molecule has 1 unspecified atom stereocenters. The zero-order valence-corrected chi connectivity index (χ0v) is 7.64. The average Bonchev–Trinajstić information content (AvgIpc) is 2.17. The summed E-state index contributed by atoms with van der Waals surface area (Å²) in [5, 5.41) is 6.37. The smallest absolute Gasteiger partial charge is 0.327 e. The molecule has 0 aromatic rings. The van der Waals surface area contributed by atoms with Gasteiger partial charge in [-0.2, -0.15) is 0 Å². The number of methoxy groups -OCH3 is 1. The van der Waals surface area contributed by atoms with Crippen LogP contribution in [0.2, 0.25) is 0 Å². The Morgan fingerprint density at radius 3 is 2.75 bits per heavy atom. The minimum Gasteiger partial charge on any atom is -0.468 e. The lowest BCUT2D eigenvalue weighted by molar-refractivity contribution is -0.149. The highest BCUT2D eigenvalue weighted by molar-refractivity contribution is 5.81. The first-order valence-electron chi connectivity index (χ1n) is 4.29. The standard InChI is InChI=1S/C8H16N2O2/c1-3-8(7(11)12-2)6-9-4-5-10-8/h9-10H,3-6H2,1-2H3. The van der Waals surface area contributed by atoms with Crippen LogP contribution in [0.1, 0.15) is 13.3 Å². The second-order valence-electron chi connectivity index (χ2n) is 3.03. The van der Waals surface area contributed by atoms with Crippen LogP contribution in [0.15, 0.2) is 0 Å². The van der Waals surface area contributed by atoms with Gasteiger partial charge in [0.25, 0.3) is 0 Å². The molecule has 1 aliphatic heterocycles. The number of carbonyl (C=O) groups excluding carboxylic acids is 1. The van der Waals surface area contributed by atoms with Gasteiger partial charge in [-0.25, -0.2) is 0 Å². The van der Waals surface area contributed by atoms with Crippen LogP contribution in [0.5, 0.6) is 0 Å². The number of rotatable bonds is 2. The normalized spacial score (nSPS) is 29.8. The molecule has 0 aromatic carbocycles. The lowest BCUT2D eigenvalue weighted by atomic mass is 9.94. The fraction of sp³-hybridized carbons (Fsp3) is 0.875. The van der Waals surface area contributed by atoms with Crippen molar-refractivity contribution < 1.29 is 9.53 Å². The molecule has 70 valence electrons. The Bertz CT molecular complexity index is 164. The number of nitrogens with one attached hydrogen (secondary N) is 2. The molecule has 2 N–H and O–H groups in total. The fourth-order valence-electron chi connectivity index (χ4n) is 1.49. The molecule has 1 rings (SSSR count). The molecule has 1 saturated heterocycles. The van der Waals surface area contributed by atoms with E-state index < -0.39 is 5.54 Å². The van der Waals surface area contributed by atoms with Gasteiger partial charge in [0.15, 0.2) is 0 Å². The Balaban J connectivity index is 2.66. The molecule has 0 aliphatic carbocycles. The summed E-state index contributed by atoms with van der Waals surface area (Å²) in [4.78, 5) is 11.4. The van der Waals surface area contributed by atoms with Gasteiger partial charge >= 0.3 is 5.97 Å². The second kappa shape index (κ2) is 3.87. The number of esters is 1. The monoisotopic (exact) mass is 172 g/mol. The molecule has 1 atom stereocenters. The van der Waals surface area contributed by atoms with E-state index in [0.29, 0.717) is 6.54 Å². The van der Waals surface area contributed by atoms with Crippen molar-refractivity contribution in [2.45, 2.75) is 18.9 Å². The Hall–Kier alpha value is -0.610. The lowest BCUT2D eigenvalue weighted by Crippen LogP contribution is -2.63.